The molecule has 0 aliphatic carbocycles. The van der Waals surface area contributed by atoms with Crippen molar-refractivity contribution < 1.29 is 24.3 Å². The summed E-state index contributed by atoms with van der Waals surface area (Å²) in [5, 5.41) is 14.4. The van der Waals surface area contributed by atoms with Crippen molar-refractivity contribution in [3.05, 3.63) is 89.4 Å². The topological polar surface area (TPSA) is 121 Å². The number of amides is 4. The van der Waals surface area contributed by atoms with Crippen LogP contribution in [0.3, 0.4) is 0 Å². The van der Waals surface area contributed by atoms with Crippen molar-refractivity contribution in [2.45, 2.75) is 6.92 Å². The Hall–Kier alpha value is -4.66. The van der Waals surface area contributed by atoms with Gasteiger partial charge in [0.15, 0.2) is 0 Å². The normalized spacial score (nSPS) is 14.5. The number of carbonyl (C=O) groups is 4. The number of urea groups is 1. The van der Waals surface area contributed by atoms with Gasteiger partial charge in [0.25, 0.3) is 5.91 Å². The highest BCUT2D eigenvalue weighted by atomic mass is 16.4. The van der Waals surface area contributed by atoms with Crippen molar-refractivity contribution >= 4 is 35.6 Å². The monoisotopic (exact) mass is 444 g/mol. The molecule has 0 spiro atoms. The van der Waals surface area contributed by atoms with Gasteiger partial charge in [0.2, 0.25) is 5.91 Å². The highest BCUT2D eigenvalue weighted by molar-refractivity contribution is 6.15. The quantitative estimate of drug-likeness (QED) is 0.399. The Morgan fingerprint density at radius 2 is 1.85 bits per heavy atom. The standard InChI is InChI=1S/C24H20N4O5/c1-15-5-2-7-17(11-15)25-21(29)14-28-22(30)20(26-24(28)33)13-19-9-4-10-27(19)18-8-3-6-16(12-18)23(31)32/h2-13H,14H2,1H3,(H,25,29)(H,26,33)(H,31,32)/b20-13+. The molecule has 1 aliphatic rings. The summed E-state index contributed by atoms with van der Waals surface area (Å²) >= 11 is 0. The number of carboxylic acid groups (broad SMARTS) is 1. The Balaban J connectivity index is 1.52. The average molecular weight is 444 g/mol. The Morgan fingerprint density at radius 3 is 2.61 bits per heavy atom. The minimum atomic E-state index is -1.05. The van der Waals surface area contributed by atoms with Gasteiger partial charge in [0.05, 0.1) is 5.56 Å². The molecule has 166 valence electrons. The van der Waals surface area contributed by atoms with Crippen LogP contribution in [0, 0.1) is 6.92 Å². The smallest absolute Gasteiger partial charge is 0.335 e. The molecule has 1 fully saturated rings. The van der Waals surface area contributed by atoms with E-state index in [0.29, 0.717) is 17.1 Å². The zero-order valence-corrected chi connectivity index (χ0v) is 17.6. The van der Waals surface area contributed by atoms with E-state index in [1.165, 1.54) is 18.2 Å². The van der Waals surface area contributed by atoms with Gasteiger partial charge in [0.1, 0.15) is 12.2 Å². The SMILES string of the molecule is Cc1cccc(NC(=O)CN2C(=O)N/C(=C/c3cccn3-c3cccc(C(=O)O)c3)C2=O)c1. The van der Waals surface area contributed by atoms with E-state index in [-0.39, 0.29) is 11.3 Å². The van der Waals surface area contributed by atoms with Crippen LogP contribution in [0.4, 0.5) is 10.5 Å². The molecule has 9 nitrogen and oxygen atoms in total. The summed E-state index contributed by atoms with van der Waals surface area (Å²) in [6.07, 6.45) is 3.19. The molecule has 3 aromatic rings. The number of hydrogen-bond acceptors (Lipinski definition) is 4. The lowest BCUT2D eigenvalue weighted by Gasteiger charge is -2.12. The first-order valence-corrected chi connectivity index (χ1v) is 10.0. The van der Waals surface area contributed by atoms with Crippen LogP contribution in [0.1, 0.15) is 21.6 Å². The Morgan fingerprint density at radius 1 is 1.06 bits per heavy atom. The van der Waals surface area contributed by atoms with Gasteiger partial charge >= 0.3 is 12.0 Å². The molecule has 0 saturated carbocycles. The maximum atomic E-state index is 12.8. The van der Waals surface area contributed by atoms with Gasteiger partial charge in [-0.1, -0.05) is 18.2 Å². The molecule has 2 heterocycles. The lowest BCUT2D eigenvalue weighted by atomic mass is 10.2. The first kappa shape index (κ1) is 21.6. The van der Waals surface area contributed by atoms with E-state index in [2.05, 4.69) is 10.6 Å². The zero-order chi connectivity index (χ0) is 23.5. The number of benzene rings is 2. The van der Waals surface area contributed by atoms with Crippen LogP contribution in [0.2, 0.25) is 0 Å². The lowest BCUT2D eigenvalue weighted by Crippen LogP contribution is -2.38. The molecule has 4 amide bonds. The second-order valence-corrected chi connectivity index (χ2v) is 7.46. The summed E-state index contributed by atoms with van der Waals surface area (Å²) < 4.78 is 1.69. The minimum Gasteiger partial charge on any atom is -0.478 e. The van der Waals surface area contributed by atoms with Crippen molar-refractivity contribution in [2.24, 2.45) is 0 Å². The van der Waals surface area contributed by atoms with Crippen molar-refractivity contribution in [2.75, 3.05) is 11.9 Å². The third-order valence-corrected chi connectivity index (χ3v) is 5.01. The van der Waals surface area contributed by atoms with Crippen LogP contribution in [0.5, 0.6) is 0 Å². The van der Waals surface area contributed by atoms with Gasteiger partial charge in [0, 0.05) is 23.3 Å². The highest BCUT2D eigenvalue weighted by Crippen LogP contribution is 2.19. The van der Waals surface area contributed by atoms with Crippen molar-refractivity contribution in [3.8, 4) is 5.69 Å². The molecule has 0 radical (unpaired) electrons. The Labute approximate surface area is 188 Å². The number of hydrogen-bond donors (Lipinski definition) is 3. The number of aromatic carboxylic acids is 1. The summed E-state index contributed by atoms with van der Waals surface area (Å²) in [6, 6.07) is 16.3. The fourth-order valence-electron chi connectivity index (χ4n) is 3.47. The van der Waals surface area contributed by atoms with Crippen molar-refractivity contribution in [1.82, 2.24) is 14.8 Å². The van der Waals surface area contributed by atoms with Gasteiger partial charge in [-0.15, -0.1) is 0 Å². The van der Waals surface area contributed by atoms with E-state index in [9.17, 15) is 24.3 Å². The van der Waals surface area contributed by atoms with Gasteiger partial charge in [-0.3, -0.25) is 9.59 Å². The number of anilines is 1. The number of rotatable bonds is 6. The van der Waals surface area contributed by atoms with Crippen LogP contribution >= 0.6 is 0 Å². The third-order valence-electron chi connectivity index (χ3n) is 5.01. The highest BCUT2D eigenvalue weighted by Gasteiger charge is 2.35. The van der Waals surface area contributed by atoms with Gasteiger partial charge in [-0.05, 0) is 61.0 Å². The molecule has 4 rings (SSSR count). The van der Waals surface area contributed by atoms with E-state index in [0.717, 1.165) is 10.5 Å². The Kier molecular flexibility index (Phi) is 5.77. The molecule has 9 heteroatoms. The molecule has 0 bridgehead atoms. The van der Waals surface area contributed by atoms with Crippen molar-refractivity contribution in [3.63, 3.8) is 0 Å². The van der Waals surface area contributed by atoms with Crippen LogP contribution in [-0.2, 0) is 9.59 Å². The first-order chi connectivity index (χ1) is 15.8. The number of carbonyl (C=O) groups excluding carboxylic acids is 3. The van der Waals surface area contributed by atoms with E-state index in [1.54, 1.807) is 53.2 Å². The third kappa shape index (κ3) is 4.67. The number of imide groups is 1. The summed E-state index contributed by atoms with van der Waals surface area (Å²) in [5.74, 6) is -2.19. The predicted octanol–water partition coefficient (Wildman–Crippen LogP) is 3.02. The van der Waals surface area contributed by atoms with Gasteiger partial charge in [-0.25, -0.2) is 14.5 Å². The fraction of sp³-hybridized carbons (Fsp3) is 0.0833. The van der Waals surface area contributed by atoms with Crippen LogP contribution in [0.15, 0.2) is 72.6 Å². The maximum absolute atomic E-state index is 12.8. The van der Waals surface area contributed by atoms with E-state index in [1.807, 2.05) is 13.0 Å². The summed E-state index contributed by atoms with van der Waals surface area (Å²) in [7, 11) is 0. The van der Waals surface area contributed by atoms with Crippen LogP contribution < -0.4 is 10.6 Å². The number of aromatic nitrogens is 1. The maximum Gasteiger partial charge on any atom is 0.335 e. The summed E-state index contributed by atoms with van der Waals surface area (Å²) in [6.45, 7) is 1.45. The molecular weight excluding hydrogens is 424 g/mol. The number of nitrogens with one attached hydrogen (secondary N) is 2. The largest absolute Gasteiger partial charge is 0.478 e. The fourth-order valence-corrected chi connectivity index (χ4v) is 3.47. The number of carboxylic acids is 1. The molecular formula is C24H20N4O5. The van der Waals surface area contributed by atoms with Crippen molar-refractivity contribution in [1.29, 1.82) is 0 Å². The molecule has 1 aromatic heterocycles. The number of aryl methyl sites for hydroxylation is 1. The van der Waals surface area contributed by atoms with Crippen LogP contribution in [0.25, 0.3) is 11.8 Å². The summed E-state index contributed by atoms with van der Waals surface area (Å²) in [5.41, 5.74) is 2.80. The molecule has 3 N–H and O–H groups in total. The summed E-state index contributed by atoms with van der Waals surface area (Å²) in [4.78, 5) is 49.6. The van der Waals surface area contributed by atoms with E-state index >= 15 is 0 Å². The average Bonchev–Trinajstić information content (AvgIpc) is 3.34. The lowest BCUT2D eigenvalue weighted by molar-refractivity contribution is -0.127. The molecule has 33 heavy (non-hydrogen) atoms. The molecule has 1 saturated heterocycles. The minimum absolute atomic E-state index is 0.0118. The predicted molar refractivity (Wildman–Crippen MR) is 121 cm³/mol. The second kappa shape index (κ2) is 8.83. The molecule has 0 atom stereocenters. The molecule has 2 aromatic carbocycles. The second-order valence-electron chi connectivity index (χ2n) is 7.46. The van der Waals surface area contributed by atoms with Crippen LogP contribution in [-0.4, -0.2) is 44.9 Å². The van der Waals surface area contributed by atoms with Gasteiger partial charge in [-0.2, -0.15) is 0 Å². The molecule has 0 unspecified atom stereocenters. The van der Waals surface area contributed by atoms with E-state index in [4.69, 9.17) is 0 Å². The Bertz CT molecular complexity index is 1310. The first-order valence-electron chi connectivity index (χ1n) is 10.0. The van der Waals surface area contributed by atoms with E-state index < -0.39 is 30.4 Å². The zero-order valence-electron chi connectivity index (χ0n) is 17.6. The number of nitrogens with zero attached hydrogens (tertiary/aromatic N) is 2. The molecule has 1 aliphatic heterocycles. The van der Waals surface area contributed by atoms with Gasteiger partial charge < -0.3 is 20.3 Å².